The first-order chi connectivity index (χ1) is 15.6. The van der Waals surface area contributed by atoms with Crippen molar-refractivity contribution in [1.29, 1.82) is 0 Å². The van der Waals surface area contributed by atoms with Gasteiger partial charge in [0.2, 0.25) is 0 Å². The van der Waals surface area contributed by atoms with E-state index in [1.54, 1.807) is 0 Å². The van der Waals surface area contributed by atoms with E-state index in [-0.39, 0.29) is 23.7 Å². The molecule has 0 aromatic heterocycles. The summed E-state index contributed by atoms with van der Waals surface area (Å²) in [5, 5.41) is 0. The summed E-state index contributed by atoms with van der Waals surface area (Å²) in [5.41, 5.74) is 4.48. The first kappa shape index (κ1) is 26.6. The van der Waals surface area contributed by atoms with Gasteiger partial charge in [-0.1, -0.05) is 79.2 Å². The fourth-order valence-electron chi connectivity index (χ4n) is 4.05. The zero-order valence-corrected chi connectivity index (χ0v) is 21.5. The number of esters is 2. The maximum absolute atomic E-state index is 13.2. The van der Waals surface area contributed by atoms with Crippen LogP contribution in [0.3, 0.4) is 0 Å². The molecule has 4 nitrogen and oxygen atoms in total. The minimum atomic E-state index is -0.518. The lowest BCUT2D eigenvalue weighted by molar-refractivity contribution is -0.146. The topological polar surface area (TPSA) is 52.6 Å². The van der Waals surface area contributed by atoms with Gasteiger partial charge in [0.25, 0.3) is 0 Å². The molecular formula is C29H40O4. The van der Waals surface area contributed by atoms with E-state index in [0.29, 0.717) is 17.9 Å². The summed E-state index contributed by atoms with van der Waals surface area (Å²) < 4.78 is 11.5. The number of benzene rings is 2. The fraction of sp³-hybridized carbons (Fsp3) is 0.517. The van der Waals surface area contributed by atoms with Gasteiger partial charge in [-0.3, -0.25) is 4.79 Å². The quantitative estimate of drug-likeness (QED) is 0.278. The average molecular weight is 453 g/mol. The molecule has 0 saturated carbocycles. The van der Waals surface area contributed by atoms with E-state index >= 15 is 0 Å². The van der Waals surface area contributed by atoms with Crippen LogP contribution in [-0.4, -0.2) is 18.5 Å². The van der Waals surface area contributed by atoms with E-state index in [1.165, 1.54) is 5.56 Å². The van der Waals surface area contributed by atoms with Gasteiger partial charge in [-0.25, -0.2) is 4.79 Å². The van der Waals surface area contributed by atoms with Crippen LogP contribution in [0.15, 0.2) is 36.4 Å². The lowest BCUT2D eigenvalue weighted by Gasteiger charge is -2.26. The molecule has 33 heavy (non-hydrogen) atoms. The van der Waals surface area contributed by atoms with Gasteiger partial charge in [-0.15, -0.1) is 0 Å². The van der Waals surface area contributed by atoms with Gasteiger partial charge < -0.3 is 9.47 Å². The molecule has 0 aliphatic carbocycles. The van der Waals surface area contributed by atoms with Crippen molar-refractivity contribution in [1.82, 2.24) is 0 Å². The summed E-state index contributed by atoms with van der Waals surface area (Å²) in [7, 11) is 0. The van der Waals surface area contributed by atoms with Crippen molar-refractivity contribution >= 4 is 11.9 Å². The first-order valence-electron chi connectivity index (χ1n) is 12.3. The largest absolute Gasteiger partial charge is 0.466 e. The second-order valence-corrected chi connectivity index (χ2v) is 9.65. The predicted octanol–water partition coefficient (Wildman–Crippen LogP) is 7.41. The third kappa shape index (κ3) is 6.69. The molecular weight excluding hydrogens is 412 g/mol. The van der Waals surface area contributed by atoms with Gasteiger partial charge in [0.1, 0.15) is 5.75 Å². The Morgan fingerprint density at radius 2 is 1.45 bits per heavy atom. The molecule has 0 aliphatic heterocycles. The van der Waals surface area contributed by atoms with Crippen LogP contribution in [0, 0.1) is 5.92 Å². The molecule has 180 valence electrons. The Morgan fingerprint density at radius 3 is 1.94 bits per heavy atom. The number of ether oxygens (including phenoxy) is 2. The summed E-state index contributed by atoms with van der Waals surface area (Å²) in [6.07, 6.45) is 2.03. The molecule has 2 aromatic rings. The molecule has 1 unspecified atom stereocenters. The molecule has 2 rings (SSSR count). The van der Waals surface area contributed by atoms with E-state index in [2.05, 4.69) is 40.7 Å². The van der Waals surface area contributed by atoms with Crippen LogP contribution in [0.25, 0.3) is 0 Å². The Labute approximate surface area is 199 Å². The maximum atomic E-state index is 13.2. The second-order valence-electron chi connectivity index (χ2n) is 9.65. The Hall–Kier alpha value is -2.62. The van der Waals surface area contributed by atoms with Gasteiger partial charge in [0, 0.05) is 5.56 Å². The maximum Gasteiger partial charge on any atom is 0.343 e. The first-order valence-corrected chi connectivity index (χ1v) is 12.3. The predicted molar refractivity (Wildman–Crippen MR) is 134 cm³/mol. The number of aryl methyl sites for hydroxylation is 1. The molecule has 0 heterocycles. The molecule has 0 saturated heterocycles. The lowest BCUT2D eigenvalue weighted by atomic mass is 9.82. The van der Waals surface area contributed by atoms with Crippen molar-refractivity contribution in [2.24, 2.45) is 5.92 Å². The van der Waals surface area contributed by atoms with E-state index in [1.807, 2.05) is 51.1 Å². The van der Waals surface area contributed by atoms with Crippen LogP contribution >= 0.6 is 0 Å². The zero-order valence-electron chi connectivity index (χ0n) is 21.5. The van der Waals surface area contributed by atoms with E-state index < -0.39 is 11.9 Å². The molecule has 0 radical (unpaired) electrons. The van der Waals surface area contributed by atoms with Gasteiger partial charge in [0.05, 0.1) is 18.1 Å². The highest BCUT2D eigenvalue weighted by Crippen LogP contribution is 2.41. The number of rotatable bonds is 10. The summed E-state index contributed by atoms with van der Waals surface area (Å²) in [6, 6.07) is 11.7. The monoisotopic (exact) mass is 452 g/mol. The minimum Gasteiger partial charge on any atom is -0.466 e. The van der Waals surface area contributed by atoms with Gasteiger partial charge in [-0.05, 0) is 59.9 Å². The molecule has 0 spiro atoms. The average Bonchev–Trinajstić information content (AvgIpc) is 2.75. The van der Waals surface area contributed by atoms with Crippen LogP contribution < -0.4 is 4.74 Å². The van der Waals surface area contributed by atoms with Crippen LogP contribution in [-0.2, 0) is 16.0 Å². The van der Waals surface area contributed by atoms with Crippen molar-refractivity contribution < 1.29 is 19.1 Å². The van der Waals surface area contributed by atoms with Crippen LogP contribution in [0.4, 0.5) is 0 Å². The minimum absolute atomic E-state index is 0.0164. The Kier molecular flexibility index (Phi) is 9.70. The second kappa shape index (κ2) is 12.0. The van der Waals surface area contributed by atoms with Gasteiger partial charge in [-0.2, -0.15) is 0 Å². The highest BCUT2D eigenvalue weighted by Gasteiger charge is 2.32. The smallest absolute Gasteiger partial charge is 0.343 e. The molecule has 0 bridgehead atoms. The summed E-state index contributed by atoms with van der Waals surface area (Å²) in [4.78, 5) is 26.2. The lowest BCUT2D eigenvalue weighted by Crippen LogP contribution is -2.23. The number of hydrogen-bond donors (Lipinski definition) is 0. The summed E-state index contributed by atoms with van der Waals surface area (Å²) in [6.45, 7) is 16.7. The number of carbonyl (C=O) groups excluding carboxylic acids is 2. The molecule has 0 N–H and O–H groups in total. The molecule has 0 fully saturated rings. The standard InChI is InChI=1S/C29H40O4/c1-9-11-21-12-14-22(15-13-21)28(30)33-27-24(19(5)6)16-23(18(3)4)17-25(27)26(20(7)8)29(31)32-10-2/h12-20,26H,9-11H2,1-8H3. The molecule has 1 atom stereocenters. The molecule has 2 aromatic carbocycles. The normalized spacial score (nSPS) is 12.3. The highest BCUT2D eigenvalue weighted by molar-refractivity contribution is 5.92. The molecule has 0 amide bonds. The Balaban J connectivity index is 2.62. The Morgan fingerprint density at radius 1 is 0.848 bits per heavy atom. The van der Waals surface area contributed by atoms with Crippen molar-refractivity contribution in [3.63, 3.8) is 0 Å². The van der Waals surface area contributed by atoms with Crippen molar-refractivity contribution in [2.45, 2.75) is 86.0 Å². The fourth-order valence-corrected chi connectivity index (χ4v) is 4.05. The highest BCUT2D eigenvalue weighted by atomic mass is 16.5. The van der Waals surface area contributed by atoms with Crippen molar-refractivity contribution in [3.05, 3.63) is 64.2 Å². The van der Waals surface area contributed by atoms with E-state index in [0.717, 1.165) is 29.5 Å². The number of carbonyl (C=O) groups is 2. The van der Waals surface area contributed by atoms with Crippen LogP contribution in [0.1, 0.15) is 112 Å². The number of hydrogen-bond acceptors (Lipinski definition) is 4. The van der Waals surface area contributed by atoms with Crippen molar-refractivity contribution in [3.8, 4) is 5.75 Å². The SMILES string of the molecule is CCCc1ccc(C(=O)Oc2c(C(C)C)cc(C(C)C)cc2C(C(=O)OCC)C(C)C)cc1. The summed E-state index contributed by atoms with van der Waals surface area (Å²) in [5.74, 6) is -0.356. The van der Waals surface area contributed by atoms with E-state index in [9.17, 15) is 9.59 Å². The van der Waals surface area contributed by atoms with E-state index in [4.69, 9.17) is 9.47 Å². The molecule has 4 heteroatoms. The zero-order chi connectivity index (χ0) is 24.7. The van der Waals surface area contributed by atoms with Gasteiger partial charge >= 0.3 is 11.9 Å². The summed E-state index contributed by atoms with van der Waals surface area (Å²) >= 11 is 0. The molecule has 0 aliphatic rings. The van der Waals surface area contributed by atoms with Gasteiger partial charge in [0.15, 0.2) is 0 Å². The Bertz CT molecular complexity index is 939. The third-order valence-electron chi connectivity index (χ3n) is 5.92. The van der Waals surface area contributed by atoms with Crippen LogP contribution in [0.2, 0.25) is 0 Å². The van der Waals surface area contributed by atoms with Crippen LogP contribution in [0.5, 0.6) is 5.75 Å². The third-order valence-corrected chi connectivity index (χ3v) is 5.92. The van der Waals surface area contributed by atoms with Crippen molar-refractivity contribution in [2.75, 3.05) is 6.61 Å².